The van der Waals surface area contributed by atoms with Crippen molar-refractivity contribution in [1.82, 2.24) is 24.3 Å². The van der Waals surface area contributed by atoms with E-state index in [9.17, 15) is 0 Å². The summed E-state index contributed by atoms with van der Waals surface area (Å²) >= 11 is 0. The maximum absolute atomic E-state index is 5.19. The molecule has 276 valence electrons. The lowest BCUT2D eigenvalue weighted by Crippen LogP contribution is -1.96. The van der Waals surface area contributed by atoms with Gasteiger partial charge in [0.15, 0.2) is 11.5 Å². The third-order valence-corrected chi connectivity index (χ3v) is 11.1. The molecule has 0 bridgehead atoms. The number of hydrogen-bond acceptors (Lipinski definition) is 4. The molecule has 0 fully saturated rings. The zero-order chi connectivity index (χ0) is 39.1. The van der Waals surface area contributed by atoms with Crippen LogP contribution < -0.4 is 0 Å². The Morgan fingerprint density at radius 3 is 1.27 bits per heavy atom. The fourth-order valence-electron chi connectivity index (χ4n) is 7.99. The third kappa shape index (κ3) is 6.41. The first-order valence-corrected chi connectivity index (χ1v) is 19.8. The van der Waals surface area contributed by atoms with Crippen LogP contribution in [0.15, 0.2) is 212 Å². The highest BCUT2D eigenvalue weighted by molar-refractivity contribution is 6.09. The zero-order valence-corrected chi connectivity index (χ0v) is 31.9. The maximum atomic E-state index is 5.19. The molecule has 7 aromatic carbocycles. The summed E-state index contributed by atoms with van der Waals surface area (Å²) in [5.74, 6) is 0.687. The number of aromatic nitrogens is 5. The van der Waals surface area contributed by atoms with E-state index >= 15 is 0 Å². The quantitative estimate of drug-likeness (QED) is 0.163. The van der Waals surface area contributed by atoms with Crippen LogP contribution in [0.25, 0.3) is 106 Å². The Labute approximate surface area is 341 Å². The predicted molar refractivity (Wildman–Crippen MR) is 242 cm³/mol. The van der Waals surface area contributed by atoms with Gasteiger partial charge >= 0.3 is 0 Å². The van der Waals surface area contributed by atoms with Crippen LogP contribution in [0.2, 0.25) is 0 Å². The highest BCUT2D eigenvalue weighted by atomic mass is 15.1. The van der Waals surface area contributed by atoms with E-state index in [2.05, 4.69) is 180 Å². The summed E-state index contributed by atoms with van der Waals surface area (Å²) in [5, 5.41) is 2.18. The van der Waals surface area contributed by atoms with Crippen LogP contribution in [-0.2, 0) is 0 Å². The Hall–Kier alpha value is -8.02. The molecule has 0 spiro atoms. The van der Waals surface area contributed by atoms with Crippen LogP contribution in [0.1, 0.15) is 0 Å². The van der Waals surface area contributed by atoms with E-state index in [-0.39, 0.29) is 0 Å². The molecule has 0 radical (unpaired) electrons. The number of benzene rings is 7. The summed E-state index contributed by atoms with van der Waals surface area (Å²) in [4.78, 5) is 20.4. The van der Waals surface area contributed by atoms with Crippen molar-refractivity contribution in [2.75, 3.05) is 0 Å². The summed E-state index contributed by atoms with van der Waals surface area (Å²) in [6.45, 7) is 0. The molecule has 0 amide bonds. The van der Waals surface area contributed by atoms with Crippen LogP contribution in [0.4, 0.5) is 0 Å². The molecule has 11 rings (SSSR count). The Balaban J connectivity index is 0.934. The third-order valence-electron chi connectivity index (χ3n) is 11.1. The molecular formula is C54H35N5. The molecule has 59 heavy (non-hydrogen) atoms. The molecule has 0 aliphatic carbocycles. The average molecular weight is 754 g/mol. The molecule has 5 nitrogen and oxygen atoms in total. The molecule has 0 atom stereocenters. The fraction of sp³-hybridized carbons (Fsp3) is 0. The lowest BCUT2D eigenvalue weighted by Gasteiger charge is -2.12. The van der Waals surface area contributed by atoms with Gasteiger partial charge in [-0.05, 0) is 51.6 Å². The van der Waals surface area contributed by atoms with E-state index < -0.39 is 0 Å². The molecule has 11 aromatic rings. The predicted octanol–water partition coefficient (Wildman–Crippen LogP) is 13.5. The van der Waals surface area contributed by atoms with Gasteiger partial charge in [0, 0.05) is 39.2 Å². The van der Waals surface area contributed by atoms with Crippen molar-refractivity contribution in [1.29, 1.82) is 0 Å². The van der Waals surface area contributed by atoms with Gasteiger partial charge in [0.1, 0.15) is 11.2 Å². The van der Waals surface area contributed by atoms with Crippen molar-refractivity contribution in [3.8, 4) is 78.5 Å². The lowest BCUT2D eigenvalue weighted by molar-refractivity contribution is 1.18. The van der Waals surface area contributed by atoms with Gasteiger partial charge in [-0.15, -0.1) is 0 Å². The first kappa shape index (κ1) is 34.2. The van der Waals surface area contributed by atoms with Gasteiger partial charge in [-0.3, -0.25) is 4.40 Å². The molecule has 0 unspecified atom stereocenters. The van der Waals surface area contributed by atoms with Crippen LogP contribution >= 0.6 is 0 Å². The van der Waals surface area contributed by atoms with E-state index in [1.54, 1.807) is 0 Å². The summed E-state index contributed by atoms with van der Waals surface area (Å²) in [7, 11) is 0. The number of pyridine rings is 2. The highest BCUT2D eigenvalue weighted by Gasteiger charge is 2.16. The van der Waals surface area contributed by atoms with Gasteiger partial charge in [0.25, 0.3) is 0 Å². The van der Waals surface area contributed by atoms with Gasteiger partial charge in [0.05, 0.1) is 17.1 Å². The normalized spacial score (nSPS) is 11.4. The number of fused-ring (bicyclic) bond motifs is 5. The minimum absolute atomic E-state index is 0.687. The number of nitrogens with zero attached hydrogens (tertiary/aromatic N) is 5. The molecule has 0 N–H and O–H groups in total. The minimum atomic E-state index is 0.687. The van der Waals surface area contributed by atoms with Gasteiger partial charge in [0.2, 0.25) is 0 Å². The second kappa shape index (κ2) is 14.5. The largest absolute Gasteiger partial charge is 0.284 e. The Kier molecular flexibility index (Phi) is 8.41. The zero-order valence-electron chi connectivity index (χ0n) is 31.9. The Bertz CT molecular complexity index is 3160. The Morgan fingerprint density at radius 1 is 0.305 bits per heavy atom. The van der Waals surface area contributed by atoms with Crippen molar-refractivity contribution >= 4 is 27.6 Å². The van der Waals surface area contributed by atoms with E-state index in [0.29, 0.717) is 5.82 Å². The van der Waals surface area contributed by atoms with E-state index in [4.69, 9.17) is 19.9 Å². The smallest absolute Gasteiger partial charge is 0.165 e. The molecule has 0 aliphatic rings. The van der Waals surface area contributed by atoms with Crippen molar-refractivity contribution < 1.29 is 0 Å². The number of hydrogen-bond donors (Lipinski definition) is 0. The monoisotopic (exact) mass is 753 g/mol. The van der Waals surface area contributed by atoms with E-state index in [1.807, 2.05) is 36.5 Å². The topological polar surface area (TPSA) is 56.0 Å². The molecular weight excluding hydrogens is 719 g/mol. The Morgan fingerprint density at radius 2 is 0.729 bits per heavy atom. The molecule has 0 saturated heterocycles. The first-order valence-electron chi connectivity index (χ1n) is 19.8. The highest BCUT2D eigenvalue weighted by Crippen LogP contribution is 2.35. The van der Waals surface area contributed by atoms with E-state index in [0.717, 1.165) is 83.6 Å². The van der Waals surface area contributed by atoms with Crippen LogP contribution in [0.3, 0.4) is 0 Å². The number of imidazole rings is 1. The number of rotatable bonds is 7. The second-order valence-corrected chi connectivity index (χ2v) is 14.7. The minimum Gasteiger partial charge on any atom is -0.284 e. The lowest BCUT2D eigenvalue weighted by atomic mass is 9.98. The molecule has 4 aromatic heterocycles. The van der Waals surface area contributed by atoms with Gasteiger partial charge < -0.3 is 0 Å². The molecule has 5 heteroatoms. The SMILES string of the molecule is c1ccc(-c2ccc(-c3cc(-c4ccc(-c5ccc(-c6nc7c(nc8ccccn87)c7ccccc67)cc5)cc4)nc(-c4ccc(-c5ccccc5)cc4)n3)cc2)cc1. The fourth-order valence-corrected chi connectivity index (χ4v) is 7.99. The van der Waals surface area contributed by atoms with Gasteiger partial charge in [-0.1, -0.05) is 188 Å². The van der Waals surface area contributed by atoms with Crippen molar-refractivity contribution in [2.24, 2.45) is 0 Å². The van der Waals surface area contributed by atoms with Crippen molar-refractivity contribution in [2.45, 2.75) is 0 Å². The van der Waals surface area contributed by atoms with Crippen molar-refractivity contribution in [3.05, 3.63) is 212 Å². The summed E-state index contributed by atoms with van der Waals surface area (Å²) < 4.78 is 2.06. The second-order valence-electron chi connectivity index (χ2n) is 14.7. The summed E-state index contributed by atoms with van der Waals surface area (Å²) in [6, 6.07) is 71.9. The maximum Gasteiger partial charge on any atom is 0.165 e. The molecule has 0 aliphatic heterocycles. The van der Waals surface area contributed by atoms with Crippen LogP contribution in [0.5, 0.6) is 0 Å². The first-order chi connectivity index (χ1) is 29.2. The average Bonchev–Trinajstić information content (AvgIpc) is 3.71. The van der Waals surface area contributed by atoms with E-state index in [1.165, 1.54) is 16.7 Å². The standard InChI is InChI=1S/C54H35N5/c1-3-11-36(12-4-1)38-18-26-42(27-19-38)48-35-49(56-53(55-48)45-32-24-39(25-33-45)37-13-5-2-6-14-37)43-28-20-40(21-29-43)41-22-30-44(31-23-41)51-46-15-7-8-16-47(46)52-54(58-51)59-34-10-9-17-50(59)57-52/h1-35H. The molecule has 4 heterocycles. The molecule has 0 saturated carbocycles. The van der Waals surface area contributed by atoms with Crippen LogP contribution in [0, 0.1) is 0 Å². The van der Waals surface area contributed by atoms with Gasteiger partial charge in [-0.2, -0.15) is 0 Å². The van der Waals surface area contributed by atoms with Crippen LogP contribution in [-0.4, -0.2) is 24.3 Å². The summed E-state index contributed by atoms with van der Waals surface area (Å²) in [6.07, 6.45) is 2.03. The summed E-state index contributed by atoms with van der Waals surface area (Å²) in [5.41, 5.74) is 16.4. The van der Waals surface area contributed by atoms with Gasteiger partial charge in [-0.25, -0.2) is 19.9 Å². The van der Waals surface area contributed by atoms with Crippen molar-refractivity contribution in [3.63, 3.8) is 0 Å².